The van der Waals surface area contributed by atoms with Gasteiger partial charge < -0.3 is 5.32 Å². The number of amides is 1. The van der Waals surface area contributed by atoms with Crippen LogP contribution in [0, 0.1) is 11.6 Å². The van der Waals surface area contributed by atoms with Crippen LogP contribution in [0.1, 0.15) is 25.0 Å². The van der Waals surface area contributed by atoms with Crippen LogP contribution in [0.5, 0.6) is 0 Å². The minimum atomic E-state index is -5.01. The van der Waals surface area contributed by atoms with Crippen LogP contribution >= 0.6 is 0 Å². The van der Waals surface area contributed by atoms with E-state index in [1.54, 1.807) is 0 Å². The number of halogens is 5. The van der Waals surface area contributed by atoms with E-state index < -0.39 is 45.9 Å². The Balaban J connectivity index is 2.80. The summed E-state index contributed by atoms with van der Waals surface area (Å²) in [5.74, 6) is -3.64. The van der Waals surface area contributed by atoms with Crippen molar-refractivity contribution in [3.63, 3.8) is 0 Å². The number of hydrogen-bond donors (Lipinski definition) is 1. The number of nitrogens with one attached hydrogen (secondary N) is 1. The third kappa shape index (κ3) is 1.57. The van der Waals surface area contributed by atoms with Crippen molar-refractivity contribution < 1.29 is 26.7 Å². The molecule has 18 heavy (non-hydrogen) atoms. The zero-order chi connectivity index (χ0) is 13.9. The van der Waals surface area contributed by atoms with Gasteiger partial charge in [0.2, 0.25) is 5.91 Å². The lowest BCUT2D eigenvalue weighted by atomic mass is 9.84. The topological polar surface area (TPSA) is 29.1 Å². The Morgan fingerprint density at radius 2 is 1.78 bits per heavy atom. The van der Waals surface area contributed by atoms with Crippen molar-refractivity contribution in [2.75, 3.05) is 5.32 Å². The van der Waals surface area contributed by atoms with Crippen molar-refractivity contribution in [2.24, 2.45) is 0 Å². The molecule has 0 fully saturated rings. The normalized spacial score (nSPS) is 17.6. The first-order valence-electron chi connectivity index (χ1n) is 4.98. The van der Waals surface area contributed by atoms with Gasteiger partial charge in [-0.05, 0) is 19.9 Å². The summed E-state index contributed by atoms with van der Waals surface area (Å²) < 4.78 is 64.9. The molecular formula is C11H8F5NO. The molecule has 2 rings (SSSR count). The Labute approximate surface area is 98.8 Å². The Morgan fingerprint density at radius 3 is 2.28 bits per heavy atom. The lowest BCUT2D eigenvalue weighted by Crippen LogP contribution is -2.28. The Hall–Kier alpha value is -1.66. The van der Waals surface area contributed by atoms with Crippen LogP contribution in [0.3, 0.4) is 0 Å². The first kappa shape index (κ1) is 12.8. The van der Waals surface area contributed by atoms with E-state index in [0.29, 0.717) is 0 Å². The molecule has 0 atom stereocenters. The van der Waals surface area contributed by atoms with Crippen LogP contribution in [0.2, 0.25) is 0 Å². The fourth-order valence-electron chi connectivity index (χ4n) is 1.92. The highest BCUT2D eigenvalue weighted by Gasteiger charge is 2.46. The maximum Gasteiger partial charge on any atom is 0.419 e. The minimum Gasteiger partial charge on any atom is -0.322 e. The Morgan fingerprint density at radius 1 is 1.22 bits per heavy atom. The molecule has 0 radical (unpaired) electrons. The summed E-state index contributed by atoms with van der Waals surface area (Å²) in [6.07, 6.45) is -5.01. The van der Waals surface area contributed by atoms with Gasteiger partial charge in [-0.25, -0.2) is 8.78 Å². The molecule has 1 amide bonds. The molecule has 0 aliphatic carbocycles. The van der Waals surface area contributed by atoms with Gasteiger partial charge in [0.1, 0.15) is 11.6 Å². The molecule has 1 N–H and O–H groups in total. The van der Waals surface area contributed by atoms with E-state index in [0.717, 1.165) is 0 Å². The van der Waals surface area contributed by atoms with E-state index in [-0.39, 0.29) is 6.07 Å². The SMILES string of the molecule is CC1(C)C(=O)Nc2c(F)cc(C(F)(F)F)c(F)c21. The number of benzene rings is 1. The van der Waals surface area contributed by atoms with Gasteiger partial charge in [-0.1, -0.05) is 0 Å². The highest BCUT2D eigenvalue weighted by Crippen LogP contribution is 2.45. The molecular weight excluding hydrogens is 257 g/mol. The fourth-order valence-corrected chi connectivity index (χ4v) is 1.92. The molecule has 2 nitrogen and oxygen atoms in total. The van der Waals surface area contributed by atoms with Crippen molar-refractivity contribution in [1.82, 2.24) is 0 Å². The number of rotatable bonds is 0. The summed E-state index contributed by atoms with van der Waals surface area (Å²) in [5, 5.41) is 2.05. The average molecular weight is 265 g/mol. The lowest BCUT2D eigenvalue weighted by Gasteiger charge is -2.18. The number of hydrogen-bond acceptors (Lipinski definition) is 1. The van der Waals surface area contributed by atoms with Gasteiger partial charge >= 0.3 is 6.18 Å². The van der Waals surface area contributed by atoms with Crippen molar-refractivity contribution in [3.05, 3.63) is 28.8 Å². The molecule has 1 aliphatic rings. The Bertz CT molecular complexity index is 547. The van der Waals surface area contributed by atoms with Crippen LogP contribution in [-0.2, 0) is 16.4 Å². The van der Waals surface area contributed by atoms with E-state index in [9.17, 15) is 26.7 Å². The number of carbonyl (C=O) groups is 1. The highest BCUT2D eigenvalue weighted by molar-refractivity contribution is 6.05. The summed E-state index contributed by atoms with van der Waals surface area (Å²) >= 11 is 0. The molecule has 98 valence electrons. The summed E-state index contributed by atoms with van der Waals surface area (Å²) in [6, 6.07) is 0.0514. The lowest BCUT2D eigenvalue weighted by molar-refractivity contribution is -0.140. The van der Waals surface area contributed by atoms with Crippen LogP contribution in [0.25, 0.3) is 0 Å². The van der Waals surface area contributed by atoms with Crippen LogP contribution in [0.15, 0.2) is 6.07 Å². The first-order valence-corrected chi connectivity index (χ1v) is 4.98. The largest absolute Gasteiger partial charge is 0.419 e. The van der Waals surface area contributed by atoms with E-state index in [2.05, 4.69) is 5.32 Å². The molecule has 0 bridgehead atoms. The molecule has 0 spiro atoms. The first-order chi connectivity index (χ1) is 8.06. The molecule has 1 aliphatic heterocycles. The zero-order valence-electron chi connectivity index (χ0n) is 9.38. The predicted octanol–water partition coefficient (Wildman–Crippen LogP) is 3.21. The summed E-state index contributed by atoms with van der Waals surface area (Å²) in [4.78, 5) is 11.5. The van der Waals surface area contributed by atoms with Crippen molar-refractivity contribution in [3.8, 4) is 0 Å². The second-order valence-corrected chi connectivity index (χ2v) is 4.55. The zero-order valence-corrected chi connectivity index (χ0v) is 9.38. The van der Waals surface area contributed by atoms with E-state index in [4.69, 9.17) is 0 Å². The van der Waals surface area contributed by atoms with Crippen molar-refractivity contribution in [2.45, 2.75) is 25.4 Å². The van der Waals surface area contributed by atoms with Gasteiger partial charge in [0.05, 0.1) is 16.7 Å². The standard InChI is InChI=1S/C11H8F5NO/c1-10(2)6-7(13)4(11(14,15)16)3-5(12)8(6)17-9(10)18/h3H,1-2H3,(H,17,18). The van der Waals surface area contributed by atoms with Crippen molar-refractivity contribution >= 4 is 11.6 Å². The van der Waals surface area contributed by atoms with Gasteiger partial charge in [0.15, 0.2) is 0 Å². The van der Waals surface area contributed by atoms with Crippen molar-refractivity contribution in [1.29, 1.82) is 0 Å². The van der Waals surface area contributed by atoms with Crippen LogP contribution < -0.4 is 5.32 Å². The number of alkyl halides is 3. The third-order valence-electron chi connectivity index (χ3n) is 2.95. The number of carbonyl (C=O) groups excluding carboxylic acids is 1. The number of anilines is 1. The Kier molecular flexibility index (Phi) is 2.43. The molecule has 0 saturated carbocycles. The molecule has 7 heteroatoms. The maximum atomic E-state index is 13.8. The quantitative estimate of drug-likeness (QED) is 0.717. The van der Waals surface area contributed by atoms with Gasteiger partial charge in [0, 0.05) is 5.56 Å². The third-order valence-corrected chi connectivity index (χ3v) is 2.95. The van der Waals surface area contributed by atoms with Crippen LogP contribution in [-0.4, -0.2) is 5.91 Å². The molecule has 0 saturated heterocycles. The van der Waals surface area contributed by atoms with Gasteiger partial charge in [-0.15, -0.1) is 0 Å². The van der Waals surface area contributed by atoms with E-state index in [1.807, 2.05) is 0 Å². The second-order valence-electron chi connectivity index (χ2n) is 4.55. The minimum absolute atomic E-state index is 0.0514. The molecule has 1 aromatic carbocycles. The smallest absolute Gasteiger partial charge is 0.322 e. The molecule has 0 aromatic heterocycles. The monoisotopic (exact) mass is 265 g/mol. The maximum absolute atomic E-state index is 13.8. The number of fused-ring (bicyclic) bond motifs is 1. The van der Waals surface area contributed by atoms with Gasteiger partial charge in [0.25, 0.3) is 0 Å². The van der Waals surface area contributed by atoms with Crippen LogP contribution in [0.4, 0.5) is 27.6 Å². The van der Waals surface area contributed by atoms with Gasteiger partial charge in [-0.3, -0.25) is 4.79 Å². The summed E-state index contributed by atoms with van der Waals surface area (Å²) in [7, 11) is 0. The summed E-state index contributed by atoms with van der Waals surface area (Å²) in [6.45, 7) is 2.47. The molecule has 1 aromatic rings. The second kappa shape index (κ2) is 3.43. The van der Waals surface area contributed by atoms with Gasteiger partial charge in [-0.2, -0.15) is 13.2 Å². The van der Waals surface area contributed by atoms with E-state index in [1.165, 1.54) is 13.8 Å². The highest BCUT2D eigenvalue weighted by atomic mass is 19.4. The fraction of sp³-hybridized carbons (Fsp3) is 0.364. The molecule has 1 heterocycles. The van der Waals surface area contributed by atoms with E-state index >= 15 is 0 Å². The molecule has 0 unspecified atom stereocenters. The summed E-state index contributed by atoms with van der Waals surface area (Å²) in [5.41, 5.74) is -4.35. The average Bonchev–Trinajstić information content (AvgIpc) is 2.43. The predicted molar refractivity (Wildman–Crippen MR) is 53.0 cm³/mol.